The van der Waals surface area contributed by atoms with Crippen LogP contribution in [0, 0.1) is 11.2 Å². The summed E-state index contributed by atoms with van der Waals surface area (Å²) < 4.78 is 14.0. The Bertz CT molecular complexity index is 1140. The first-order valence-corrected chi connectivity index (χ1v) is 11.9. The van der Waals surface area contributed by atoms with Crippen LogP contribution in [0.5, 0.6) is 0 Å². The van der Waals surface area contributed by atoms with Crippen molar-refractivity contribution in [3.8, 4) is 0 Å². The minimum atomic E-state index is -1.10. The molecule has 2 aromatic carbocycles. The van der Waals surface area contributed by atoms with Gasteiger partial charge in [-0.2, -0.15) is 0 Å². The van der Waals surface area contributed by atoms with Gasteiger partial charge in [-0.05, 0) is 23.1 Å². The molecule has 2 aromatic rings. The SMILES string of the molecule is CC(=O)NCC(=O)N1Cc2ccccc2N(CC(C)(C)C)C(=O)C1CC(=O)NCc1ccccc1F. The van der Waals surface area contributed by atoms with Crippen molar-refractivity contribution in [3.63, 3.8) is 0 Å². The molecule has 1 unspecified atom stereocenters. The van der Waals surface area contributed by atoms with Gasteiger partial charge in [0.1, 0.15) is 11.9 Å². The first kappa shape index (κ1) is 26.8. The van der Waals surface area contributed by atoms with Gasteiger partial charge >= 0.3 is 0 Å². The van der Waals surface area contributed by atoms with Crippen molar-refractivity contribution in [3.05, 3.63) is 65.5 Å². The van der Waals surface area contributed by atoms with Gasteiger partial charge in [0.2, 0.25) is 23.6 Å². The van der Waals surface area contributed by atoms with Gasteiger partial charge in [-0.3, -0.25) is 19.2 Å². The number of hydrogen-bond donors (Lipinski definition) is 2. The number of nitrogens with zero attached hydrogens (tertiary/aromatic N) is 2. The van der Waals surface area contributed by atoms with E-state index in [-0.39, 0.29) is 43.3 Å². The smallest absolute Gasteiger partial charge is 0.250 e. The van der Waals surface area contributed by atoms with Crippen LogP contribution in [-0.4, -0.2) is 47.7 Å². The van der Waals surface area contributed by atoms with E-state index >= 15 is 0 Å². The molecule has 192 valence electrons. The summed E-state index contributed by atoms with van der Waals surface area (Å²) in [5.74, 6) is -2.17. The first-order chi connectivity index (χ1) is 17.0. The Morgan fingerprint density at radius 2 is 1.69 bits per heavy atom. The lowest BCUT2D eigenvalue weighted by atomic mass is 9.95. The zero-order valence-electron chi connectivity index (χ0n) is 21.1. The third-order valence-corrected chi connectivity index (χ3v) is 5.80. The second-order valence-electron chi connectivity index (χ2n) is 10.1. The summed E-state index contributed by atoms with van der Waals surface area (Å²) in [5, 5.41) is 5.15. The highest BCUT2D eigenvalue weighted by atomic mass is 19.1. The maximum Gasteiger partial charge on any atom is 0.250 e. The third-order valence-electron chi connectivity index (χ3n) is 5.80. The average Bonchev–Trinajstić information content (AvgIpc) is 2.92. The molecule has 1 aliphatic rings. The minimum absolute atomic E-state index is 0.0435. The highest BCUT2D eigenvalue weighted by Crippen LogP contribution is 2.31. The van der Waals surface area contributed by atoms with Gasteiger partial charge in [-0.25, -0.2) is 4.39 Å². The molecule has 2 N–H and O–H groups in total. The van der Waals surface area contributed by atoms with Crippen LogP contribution in [0.1, 0.15) is 45.2 Å². The fourth-order valence-electron chi connectivity index (χ4n) is 4.12. The molecule has 0 fully saturated rings. The monoisotopic (exact) mass is 496 g/mol. The number of hydrogen-bond acceptors (Lipinski definition) is 4. The summed E-state index contributed by atoms with van der Waals surface area (Å²) in [6.07, 6.45) is -0.298. The molecule has 0 aromatic heterocycles. The van der Waals surface area contributed by atoms with E-state index in [0.29, 0.717) is 17.8 Å². The number of halogens is 1. The van der Waals surface area contributed by atoms with E-state index in [9.17, 15) is 23.6 Å². The molecule has 36 heavy (non-hydrogen) atoms. The highest BCUT2D eigenvalue weighted by molar-refractivity contribution is 6.03. The quantitative estimate of drug-likeness (QED) is 0.616. The Hall–Kier alpha value is -3.75. The van der Waals surface area contributed by atoms with Gasteiger partial charge in [-0.15, -0.1) is 0 Å². The van der Waals surface area contributed by atoms with Crippen molar-refractivity contribution in [2.24, 2.45) is 5.41 Å². The molecule has 0 aliphatic carbocycles. The number of para-hydroxylation sites is 1. The number of benzene rings is 2. The molecule has 0 saturated heterocycles. The molecule has 1 aliphatic heterocycles. The zero-order chi connectivity index (χ0) is 26.5. The molecule has 0 bridgehead atoms. The van der Waals surface area contributed by atoms with Gasteiger partial charge in [-0.1, -0.05) is 57.2 Å². The molecule has 0 spiro atoms. The van der Waals surface area contributed by atoms with E-state index in [2.05, 4.69) is 10.6 Å². The summed E-state index contributed by atoms with van der Waals surface area (Å²) in [7, 11) is 0. The van der Waals surface area contributed by atoms with Gasteiger partial charge in [0, 0.05) is 37.8 Å². The predicted molar refractivity (Wildman–Crippen MR) is 134 cm³/mol. The molecule has 3 rings (SSSR count). The number of fused-ring (bicyclic) bond motifs is 1. The lowest BCUT2D eigenvalue weighted by Gasteiger charge is -2.33. The van der Waals surface area contributed by atoms with E-state index in [1.54, 1.807) is 23.1 Å². The van der Waals surface area contributed by atoms with Crippen LogP contribution < -0.4 is 15.5 Å². The number of nitrogens with one attached hydrogen (secondary N) is 2. The Labute approximate surface area is 210 Å². The summed E-state index contributed by atoms with van der Waals surface area (Å²) in [5.41, 5.74) is 1.51. The second-order valence-corrected chi connectivity index (χ2v) is 10.1. The number of carbonyl (C=O) groups is 4. The number of rotatable bonds is 7. The molecule has 1 atom stereocenters. The average molecular weight is 497 g/mol. The lowest BCUT2D eigenvalue weighted by molar-refractivity contribution is -0.142. The fourth-order valence-corrected chi connectivity index (χ4v) is 4.12. The topological polar surface area (TPSA) is 98.8 Å². The van der Waals surface area contributed by atoms with E-state index in [1.165, 1.54) is 17.9 Å². The standard InChI is InChI=1S/C27H33FN4O4/c1-18(33)29-15-25(35)31-16-20-10-6-8-12-22(20)32(17-27(2,3)4)26(36)23(31)13-24(34)30-14-19-9-5-7-11-21(19)28/h5-12,23H,13-17H2,1-4H3,(H,29,33)(H,30,34). The predicted octanol–water partition coefficient (Wildman–Crippen LogP) is 2.76. The normalized spacial score (nSPS) is 15.7. The molecule has 9 heteroatoms. The highest BCUT2D eigenvalue weighted by Gasteiger charge is 2.40. The summed E-state index contributed by atoms with van der Waals surface area (Å²) >= 11 is 0. The van der Waals surface area contributed by atoms with Gasteiger partial charge in [0.05, 0.1) is 13.0 Å². The Balaban J connectivity index is 1.92. The van der Waals surface area contributed by atoms with E-state index in [4.69, 9.17) is 0 Å². The maximum absolute atomic E-state index is 14.0. The second kappa shape index (κ2) is 11.3. The third kappa shape index (κ3) is 6.90. The summed E-state index contributed by atoms with van der Waals surface area (Å²) in [4.78, 5) is 54.4. The van der Waals surface area contributed by atoms with Crippen LogP contribution in [0.2, 0.25) is 0 Å². The molecule has 4 amide bonds. The maximum atomic E-state index is 14.0. The van der Waals surface area contributed by atoms with Crippen LogP contribution in [0.3, 0.4) is 0 Å². The number of carbonyl (C=O) groups excluding carboxylic acids is 4. The van der Waals surface area contributed by atoms with E-state index in [0.717, 1.165) is 5.56 Å². The van der Waals surface area contributed by atoms with Crippen LogP contribution in [0.25, 0.3) is 0 Å². The number of anilines is 1. The minimum Gasteiger partial charge on any atom is -0.352 e. The van der Waals surface area contributed by atoms with Crippen LogP contribution in [0.4, 0.5) is 10.1 Å². The zero-order valence-corrected chi connectivity index (χ0v) is 21.1. The van der Waals surface area contributed by atoms with Crippen molar-refractivity contribution in [1.82, 2.24) is 15.5 Å². The van der Waals surface area contributed by atoms with Crippen molar-refractivity contribution < 1.29 is 23.6 Å². The van der Waals surface area contributed by atoms with E-state index < -0.39 is 23.7 Å². The molecule has 8 nitrogen and oxygen atoms in total. The Morgan fingerprint density at radius 1 is 1.03 bits per heavy atom. The number of amides is 4. The molecule has 1 heterocycles. The molecular weight excluding hydrogens is 463 g/mol. The van der Waals surface area contributed by atoms with Crippen LogP contribution in [-0.2, 0) is 32.3 Å². The summed E-state index contributed by atoms with van der Waals surface area (Å²) in [6.45, 7) is 7.46. The van der Waals surface area contributed by atoms with Crippen LogP contribution in [0.15, 0.2) is 48.5 Å². The van der Waals surface area contributed by atoms with Crippen molar-refractivity contribution in [1.29, 1.82) is 0 Å². The molecule has 0 saturated carbocycles. The largest absolute Gasteiger partial charge is 0.352 e. The van der Waals surface area contributed by atoms with Gasteiger partial charge in [0.25, 0.3) is 0 Å². The first-order valence-electron chi connectivity index (χ1n) is 11.9. The lowest BCUT2D eigenvalue weighted by Crippen LogP contribution is -2.53. The molecular formula is C27H33FN4O4. The summed E-state index contributed by atoms with van der Waals surface area (Å²) in [6, 6.07) is 12.3. The van der Waals surface area contributed by atoms with Crippen molar-refractivity contribution in [2.75, 3.05) is 18.0 Å². The Kier molecular flexibility index (Phi) is 8.45. The van der Waals surface area contributed by atoms with Gasteiger partial charge in [0.15, 0.2) is 0 Å². The van der Waals surface area contributed by atoms with Gasteiger partial charge < -0.3 is 20.4 Å². The van der Waals surface area contributed by atoms with Crippen LogP contribution >= 0.6 is 0 Å². The van der Waals surface area contributed by atoms with E-state index in [1.807, 2.05) is 45.0 Å². The fraction of sp³-hybridized carbons (Fsp3) is 0.407. The molecule has 0 radical (unpaired) electrons. The van der Waals surface area contributed by atoms with Crippen molar-refractivity contribution in [2.45, 2.75) is 53.2 Å². The van der Waals surface area contributed by atoms with Crippen molar-refractivity contribution >= 4 is 29.3 Å². The Morgan fingerprint density at radius 3 is 2.36 bits per heavy atom.